The summed E-state index contributed by atoms with van der Waals surface area (Å²) in [5.74, 6) is 0.160. The molecule has 78 valence electrons. The smallest absolute Gasteiger partial charge is 0.216 e. The van der Waals surface area contributed by atoms with Crippen molar-refractivity contribution in [3.63, 3.8) is 0 Å². The van der Waals surface area contributed by atoms with E-state index in [4.69, 9.17) is 0 Å². The number of aromatic nitrogens is 5. The highest BCUT2D eigenvalue weighted by molar-refractivity contribution is 5.57. The van der Waals surface area contributed by atoms with E-state index in [0.717, 1.165) is 5.56 Å². The van der Waals surface area contributed by atoms with E-state index in [2.05, 4.69) is 20.3 Å². The fraction of sp³-hybridized carbons (Fsp3) is 0. The molecular formula is C10H6FN5. The number of rotatable bonds is 1. The molecule has 0 atom stereocenters. The second-order valence-corrected chi connectivity index (χ2v) is 3.23. The maximum Gasteiger partial charge on any atom is 0.271 e. The zero-order valence-corrected chi connectivity index (χ0v) is 8.08. The van der Waals surface area contributed by atoms with Crippen LogP contribution >= 0.6 is 0 Å². The molecule has 5 nitrogen and oxygen atoms in total. The lowest BCUT2D eigenvalue weighted by molar-refractivity contribution is 0.628. The van der Waals surface area contributed by atoms with Gasteiger partial charge < -0.3 is 0 Å². The summed E-state index contributed by atoms with van der Waals surface area (Å²) in [6.07, 6.45) is 3.05. The third-order valence-electron chi connectivity index (χ3n) is 2.17. The van der Waals surface area contributed by atoms with Gasteiger partial charge in [0.1, 0.15) is 17.8 Å². The molecule has 1 aromatic carbocycles. The lowest BCUT2D eigenvalue weighted by Crippen LogP contribution is -1.96. The Kier molecular flexibility index (Phi) is 1.86. The van der Waals surface area contributed by atoms with Crippen molar-refractivity contribution in [3.05, 3.63) is 42.6 Å². The number of halogens is 1. The van der Waals surface area contributed by atoms with Crippen LogP contribution in [0.5, 0.6) is 0 Å². The van der Waals surface area contributed by atoms with Crippen LogP contribution in [-0.2, 0) is 0 Å². The molecule has 3 aromatic rings. The molecule has 2 heterocycles. The van der Waals surface area contributed by atoms with Crippen LogP contribution in [0.25, 0.3) is 17.0 Å². The minimum Gasteiger partial charge on any atom is -0.216 e. The predicted molar refractivity (Wildman–Crippen MR) is 54.0 cm³/mol. The average molecular weight is 215 g/mol. The molecule has 0 amide bonds. The molecule has 16 heavy (non-hydrogen) atoms. The van der Waals surface area contributed by atoms with E-state index in [0.29, 0.717) is 11.5 Å². The summed E-state index contributed by atoms with van der Waals surface area (Å²) in [6.45, 7) is 0. The van der Waals surface area contributed by atoms with E-state index in [1.54, 1.807) is 18.3 Å². The zero-order chi connectivity index (χ0) is 11.0. The number of benzene rings is 1. The molecule has 3 rings (SSSR count). The zero-order valence-electron chi connectivity index (χ0n) is 8.08. The molecule has 0 bridgehead atoms. The van der Waals surface area contributed by atoms with Crippen molar-refractivity contribution >= 4 is 5.78 Å². The van der Waals surface area contributed by atoms with Gasteiger partial charge in [0, 0.05) is 5.56 Å². The summed E-state index contributed by atoms with van der Waals surface area (Å²) in [6, 6.07) is 6.06. The van der Waals surface area contributed by atoms with E-state index in [9.17, 15) is 4.39 Å². The topological polar surface area (TPSA) is 56.0 Å². The first-order chi connectivity index (χ1) is 7.83. The van der Waals surface area contributed by atoms with Crippen LogP contribution in [0.4, 0.5) is 4.39 Å². The van der Waals surface area contributed by atoms with Crippen molar-refractivity contribution in [1.82, 2.24) is 24.8 Å². The van der Waals surface area contributed by atoms with Crippen LogP contribution in [0.3, 0.4) is 0 Å². The highest BCUT2D eigenvalue weighted by Gasteiger charge is 2.03. The van der Waals surface area contributed by atoms with E-state index in [-0.39, 0.29) is 5.82 Å². The largest absolute Gasteiger partial charge is 0.271 e. The Morgan fingerprint density at radius 1 is 1.12 bits per heavy atom. The van der Waals surface area contributed by atoms with Crippen LogP contribution in [0.2, 0.25) is 0 Å². The van der Waals surface area contributed by atoms with Gasteiger partial charge in [-0.25, -0.2) is 9.37 Å². The summed E-state index contributed by atoms with van der Waals surface area (Å²) < 4.78 is 14.2. The molecule has 0 saturated carbocycles. The molecule has 6 heteroatoms. The van der Waals surface area contributed by atoms with E-state index in [1.165, 1.54) is 23.0 Å². The van der Waals surface area contributed by atoms with Gasteiger partial charge in [-0.3, -0.25) is 0 Å². The molecule has 0 fully saturated rings. The fourth-order valence-electron chi connectivity index (χ4n) is 1.39. The van der Waals surface area contributed by atoms with Crippen molar-refractivity contribution in [3.8, 4) is 11.3 Å². The van der Waals surface area contributed by atoms with Crippen LogP contribution < -0.4 is 0 Å². The Morgan fingerprint density at radius 2 is 1.94 bits per heavy atom. The molecule has 0 N–H and O–H groups in total. The third-order valence-corrected chi connectivity index (χ3v) is 2.17. The van der Waals surface area contributed by atoms with E-state index >= 15 is 0 Å². The quantitative estimate of drug-likeness (QED) is 0.614. The minimum atomic E-state index is -0.276. The van der Waals surface area contributed by atoms with Crippen molar-refractivity contribution in [2.24, 2.45) is 0 Å². The molecule has 0 aliphatic carbocycles. The van der Waals surface area contributed by atoms with Crippen molar-refractivity contribution in [2.75, 3.05) is 0 Å². The number of hydrogen-bond donors (Lipinski definition) is 0. The lowest BCUT2D eigenvalue weighted by atomic mass is 10.2. The SMILES string of the molecule is Fc1ccc(-c2cnc3nncn3n2)cc1. The molecule has 0 radical (unpaired) electrons. The Morgan fingerprint density at radius 3 is 2.75 bits per heavy atom. The van der Waals surface area contributed by atoms with Crippen LogP contribution in [-0.4, -0.2) is 24.8 Å². The van der Waals surface area contributed by atoms with Gasteiger partial charge in [-0.15, -0.1) is 10.2 Å². The Bertz CT molecular complexity index is 631. The molecule has 0 aliphatic rings. The maximum absolute atomic E-state index is 12.7. The van der Waals surface area contributed by atoms with Gasteiger partial charge in [-0.1, -0.05) is 0 Å². The molecule has 0 aliphatic heterocycles. The van der Waals surface area contributed by atoms with E-state index < -0.39 is 0 Å². The monoisotopic (exact) mass is 215 g/mol. The molecule has 0 unspecified atom stereocenters. The standard InChI is InChI=1S/C10H6FN5/c11-8-3-1-7(2-4-8)9-5-12-10-14-13-6-16(10)15-9/h1-6H. The normalized spacial score (nSPS) is 10.8. The maximum atomic E-state index is 12.7. The van der Waals surface area contributed by atoms with Crippen molar-refractivity contribution < 1.29 is 4.39 Å². The van der Waals surface area contributed by atoms with Gasteiger partial charge in [0.15, 0.2) is 0 Å². The summed E-state index contributed by atoms with van der Waals surface area (Å²) in [5, 5.41) is 11.7. The van der Waals surface area contributed by atoms with Gasteiger partial charge in [-0.2, -0.15) is 9.61 Å². The van der Waals surface area contributed by atoms with Crippen LogP contribution in [0.1, 0.15) is 0 Å². The molecule has 0 spiro atoms. The van der Waals surface area contributed by atoms with Crippen LogP contribution in [0.15, 0.2) is 36.8 Å². The second-order valence-electron chi connectivity index (χ2n) is 3.23. The average Bonchev–Trinajstić information content (AvgIpc) is 2.77. The van der Waals surface area contributed by atoms with Gasteiger partial charge >= 0.3 is 0 Å². The molecule has 0 saturated heterocycles. The first-order valence-corrected chi connectivity index (χ1v) is 4.62. The van der Waals surface area contributed by atoms with Crippen molar-refractivity contribution in [2.45, 2.75) is 0 Å². The minimum absolute atomic E-state index is 0.276. The van der Waals surface area contributed by atoms with Crippen molar-refractivity contribution in [1.29, 1.82) is 0 Å². The summed E-state index contributed by atoms with van der Waals surface area (Å²) in [7, 11) is 0. The van der Waals surface area contributed by atoms with Gasteiger partial charge in [0.25, 0.3) is 5.78 Å². The number of hydrogen-bond acceptors (Lipinski definition) is 4. The first-order valence-electron chi connectivity index (χ1n) is 4.62. The Balaban J connectivity index is 2.14. The van der Waals surface area contributed by atoms with Gasteiger partial charge in [0.2, 0.25) is 0 Å². The number of nitrogens with zero attached hydrogens (tertiary/aromatic N) is 5. The summed E-state index contributed by atoms with van der Waals surface area (Å²) >= 11 is 0. The summed E-state index contributed by atoms with van der Waals surface area (Å²) in [4.78, 5) is 4.07. The second kappa shape index (κ2) is 3.34. The first kappa shape index (κ1) is 8.90. The predicted octanol–water partition coefficient (Wildman–Crippen LogP) is 1.33. The van der Waals surface area contributed by atoms with Gasteiger partial charge in [0.05, 0.1) is 6.20 Å². The highest BCUT2D eigenvalue weighted by Crippen LogP contribution is 2.15. The Hall–Kier alpha value is -2.37. The molecule has 2 aromatic heterocycles. The summed E-state index contributed by atoms with van der Waals surface area (Å²) in [5.41, 5.74) is 1.44. The highest BCUT2D eigenvalue weighted by atomic mass is 19.1. The van der Waals surface area contributed by atoms with E-state index in [1.807, 2.05) is 0 Å². The van der Waals surface area contributed by atoms with Gasteiger partial charge in [-0.05, 0) is 24.3 Å². The molecular weight excluding hydrogens is 209 g/mol. The number of fused-ring (bicyclic) bond motifs is 1. The fourth-order valence-corrected chi connectivity index (χ4v) is 1.39. The van der Waals surface area contributed by atoms with Crippen LogP contribution in [0, 0.1) is 5.82 Å². The third kappa shape index (κ3) is 1.40. The lowest BCUT2D eigenvalue weighted by Gasteiger charge is -1.99. The Labute approximate surface area is 89.6 Å².